The van der Waals surface area contributed by atoms with Gasteiger partial charge in [-0.3, -0.25) is 0 Å². The third kappa shape index (κ3) is 4.38. The van der Waals surface area contributed by atoms with Crippen molar-refractivity contribution in [2.45, 2.75) is 32.2 Å². The lowest BCUT2D eigenvalue weighted by Gasteiger charge is -2.42. The normalized spacial score (nSPS) is 19.8. The minimum Gasteiger partial charge on any atom is -0.354 e. The zero-order chi connectivity index (χ0) is 20.4. The van der Waals surface area contributed by atoms with Crippen molar-refractivity contribution >= 4 is 17.4 Å². The number of rotatable bonds is 6. The van der Waals surface area contributed by atoms with Gasteiger partial charge in [-0.25, -0.2) is 24.4 Å². The molecule has 2 heterocycles. The minimum atomic E-state index is -0.381. The molecule has 1 atom stereocenters. The number of hydrazine groups is 1. The fraction of sp³-hybridized carbons (Fsp3) is 0.524. The summed E-state index contributed by atoms with van der Waals surface area (Å²) in [5.41, 5.74) is 9.28. The Morgan fingerprint density at radius 2 is 2.03 bits per heavy atom. The summed E-state index contributed by atoms with van der Waals surface area (Å²) in [7, 11) is 0. The van der Waals surface area contributed by atoms with Crippen molar-refractivity contribution in [3.05, 3.63) is 52.2 Å². The molecule has 1 aromatic heterocycles. The van der Waals surface area contributed by atoms with Crippen LogP contribution in [0, 0.1) is 5.82 Å². The molecule has 2 aromatic rings. The Bertz CT molecular complexity index is 855. The third-order valence-electron chi connectivity index (χ3n) is 5.94. The van der Waals surface area contributed by atoms with Crippen LogP contribution in [0.3, 0.4) is 0 Å². The van der Waals surface area contributed by atoms with Crippen molar-refractivity contribution in [2.24, 2.45) is 5.73 Å². The Kier molecular flexibility index (Phi) is 6.29. The van der Waals surface area contributed by atoms with Crippen LogP contribution in [0.15, 0.2) is 24.5 Å². The van der Waals surface area contributed by atoms with Gasteiger partial charge in [-0.15, -0.1) is 0 Å². The second kappa shape index (κ2) is 8.92. The molecule has 0 amide bonds. The molecule has 1 aromatic carbocycles. The number of anilines is 1. The lowest BCUT2D eigenvalue weighted by atomic mass is 10.1. The van der Waals surface area contributed by atoms with Crippen LogP contribution >= 0.6 is 11.6 Å². The zero-order valence-corrected chi connectivity index (χ0v) is 17.6. The number of halogens is 2. The quantitative estimate of drug-likeness (QED) is 0.778. The highest BCUT2D eigenvalue weighted by Crippen LogP contribution is 2.37. The van der Waals surface area contributed by atoms with Crippen molar-refractivity contribution in [3.63, 3.8) is 0 Å². The summed E-state index contributed by atoms with van der Waals surface area (Å²) in [6.45, 7) is 7.71. The molecule has 0 spiro atoms. The first-order valence-corrected chi connectivity index (χ1v) is 10.7. The summed E-state index contributed by atoms with van der Waals surface area (Å²) in [4.78, 5) is 11.5. The molecule has 156 valence electrons. The second-order valence-corrected chi connectivity index (χ2v) is 8.27. The maximum atomic E-state index is 13.8. The molecule has 1 fully saturated rings. The van der Waals surface area contributed by atoms with Gasteiger partial charge in [0.1, 0.15) is 18.0 Å². The molecule has 6 nitrogen and oxygen atoms in total. The fourth-order valence-corrected chi connectivity index (χ4v) is 4.50. The lowest BCUT2D eigenvalue weighted by molar-refractivity contribution is -0.0347. The molecule has 1 aliphatic carbocycles. The molecule has 0 radical (unpaired) electrons. The van der Waals surface area contributed by atoms with Crippen molar-refractivity contribution in [3.8, 4) is 0 Å². The van der Waals surface area contributed by atoms with Crippen LogP contribution < -0.4 is 10.6 Å². The molecule has 2 N–H and O–H groups in total. The molecule has 0 bridgehead atoms. The van der Waals surface area contributed by atoms with Gasteiger partial charge in [0.15, 0.2) is 0 Å². The molecule has 4 rings (SSSR count). The number of benzene rings is 1. The summed E-state index contributed by atoms with van der Waals surface area (Å²) >= 11 is 5.82. The van der Waals surface area contributed by atoms with Crippen molar-refractivity contribution in [1.29, 1.82) is 0 Å². The number of nitrogens with two attached hydrogens (primary N) is 1. The highest BCUT2D eigenvalue weighted by atomic mass is 35.5. The molecule has 0 saturated carbocycles. The number of fused-ring (bicyclic) bond motifs is 1. The molecular weight excluding hydrogens is 391 g/mol. The molecule has 29 heavy (non-hydrogen) atoms. The first-order chi connectivity index (χ1) is 14.1. The van der Waals surface area contributed by atoms with E-state index in [2.05, 4.69) is 31.8 Å². The van der Waals surface area contributed by atoms with Gasteiger partial charge in [0.25, 0.3) is 0 Å². The van der Waals surface area contributed by atoms with Gasteiger partial charge >= 0.3 is 0 Å². The van der Waals surface area contributed by atoms with Crippen LogP contribution in [0.4, 0.5) is 10.2 Å². The number of nitrogens with zero attached hydrogens (tertiary/aromatic N) is 5. The Morgan fingerprint density at radius 1 is 1.24 bits per heavy atom. The standard InChI is InChI=1S/C21H28ClFN6/c1-15-2-5-19-20(15)21(26-14-25-19)27-8-10-28(11-9-27)29(7-6-24)13-16-3-4-17(22)18(23)12-16/h3-4,12,14-15H,2,5-11,13,24H2,1H3/t15-/m1/s1. The number of piperazine rings is 1. The molecular formula is C21H28ClFN6. The largest absolute Gasteiger partial charge is 0.354 e. The Balaban J connectivity index is 1.43. The SMILES string of the molecule is C[C@@H]1CCc2ncnc(N3CCN(N(CCN)Cc4ccc(Cl)c(F)c4)CC3)c21. The summed E-state index contributed by atoms with van der Waals surface area (Å²) in [6, 6.07) is 4.99. The number of aryl methyl sites for hydroxylation is 1. The predicted molar refractivity (Wildman–Crippen MR) is 113 cm³/mol. The Hall–Kier alpha value is -1.80. The van der Waals surface area contributed by atoms with E-state index >= 15 is 0 Å². The summed E-state index contributed by atoms with van der Waals surface area (Å²) in [5, 5.41) is 4.69. The summed E-state index contributed by atoms with van der Waals surface area (Å²) < 4.78 is 13.8. The van der Waals surface area contributed by atoms with E-state index in [4.69, 9.17) is 17.3 Å². The fourth-order valence-electron chi connectivity index (χ4n) is 4.38. The highest BCUT2D eigenvalue weighted by molar-refractivity contribution is 6.30. The lowest BCUT2D eigenvalue weighted by Crippen LogP contribution is -2.54. The second-order valence-electron chi connectivity index (χ2n) is 7.86. The molecule has 8 heteroatoms. The van der Waals surface area contributed by atoms with Crippen molar-refractivity contribution in [2.75, 3.05) is 44.2 Å². The van der Waals surface area contributed by atoms with Gasteiger partial charge in [-0.05, 0) is 36.5 Å². The maximum absolute atomic E-state index is 13.8. The molecule has 0 unspecified atom stereocenters. The van der Waals surface area contributed by atoms with Gasteiger partial charge < -0.3 is 10.6 Å². The highest BCUT2D eigenvalue weighted by Gasteiger charge is 2.29. The van der Waals surface area contributed by atoms with Crippen molar-refractivity contribution in [1.82, 2.24) is 20.0 Å². The monoisotopic (exact) mass is 418 g/mol. The van der Waals surface area contributed by atoms with E-state index in [-0.39, 0.29) is 10.8 Å². The summed E-state index contributed by atoms with van der Waals surface area (Å²) in [5.74, 6) is 1.24. The van der Waals surface area contributed by atoms with Gasteiger partial charge in [-0.2, -0.15) is 0 Å². The van der Waals surface area contributed by atoms with E-state index in [1.807, 2.05) is 6.07 Å². The number of hydrogen-bond acceptors (Lipinski definition) is 6. The van der Waals surface area contributed by atoms with Gasteiger partial charge in [-0.1, -0.05) is 24.6 Å². The minimum absolute atomic E-state index is 0.152. The average molecular weight is 419 g/mol. The topological polar surface area (TPSA) is 61.5 Å². The van der Waals surface area contributed by atoms with E-state index in [9.17, 15) is 4.39 Å². The van der Waals surface area contributed by atoms with Crippen LogP contribution in [-0.2, 0) is 13.0 Å². The Morgan fingerprint density at radius 3 is 2.76 bits per heavy atom. The van der Waals surface area contributed by atoms with Crippen LogP contribution in [-0.4, -0.2) is 59.3 Å². The first-order valence-electron chi connectivity index (χ1n) is 10.3. The van der Waals surface area contributed by atoms with Gasteiger partial charge in [0.05, 0.1) is 5.02 Å². The van der Waals surface area contributed by atoms with Crippen molar-refractivity contribution < 1.29 is 4.39 Å². The predicted octanol–water partition coefficient (Wildman–Crippen LogP) is 2.82. The van der Waals surface area contributed by atoms with E-state index in [0.29, 0.717) is 19.0 Å². The van der Waals surface area contributed by atoms with Crippen LogP contribution in [0.25, 0.3) is 0 Å². The molecule has 1 aliphatic heterocycles. The Labute approximate surface area is 176 Å². The average Bonchev–Trinajstić information content (AvgIpc) is 3.12. The molecule has 1 saturated heterocycles. The zero-order valence-electron chi connectivity index (χ0n) is 16.8. The van der Waals surface area contributed by atoms with E-state index < -0.39 is 0 Å². The smallest absolute Gasteiger partial charge is 0.142 e. The molecule has 2 aliphatic rings. The van der Waals surface area contributed by atoms with E-state index in [1.165, 1.54) is 17.3 Å². The van der Waals surface area contributed by atoms with E-state index in [1.54, 1.807) is 12.4 Å². The third-order valence-corrected chi connectivity index (χ3v) is 6.25. The summed E-state index contributed by atoms with van der Waals surface area (Å²) in [6.07, 6.45) is 3.91. The van der Waals surface area contributed by atoms with Crippen LogP contribution in [0.1, 0.15) is 36.1 Å². The first kappa shape index (κ1) is 20.5. The van der Waals surface area contributed by atoms with E-state index in [0.717, 1.165) is 56.9 Å². The number of hydrogen-bond donors (Lipinski definition) is 1. The van der Waals surface area contributed by atoms with Crippen LogP contribution in [0.2, 0.25) is 5.02 Å². The van der Waals surface area contributed by atoms with Gasteiger partial charge in [0.2, 0.25) is 0 Å². The maximum Gasteiger partial charge on any atom is 0.142 e. The van der Waals surface area contributed by atoms with Crippen LogP contribution in [0.5, 0.6) is 0 Å². The number of aromatic nitrogens is 2. The van der Waals surface area contributed by atoms with Gasteiger partial charge in [0, 0.05) is 57.1 Å².